The molecule has 3 N–H and O–H groups in total. The Balaban J connectivity index is 2.94. The molecule has 0 bridgehead atoms. The van der Waals surface area contributed by atoms with E-state index in [1.54, 1.807) is 25.2 Å². The molecule has 1 aliphatic carbocycles. The smallest absolute Gasteiger partial charge is 0.134 e. The van der Waals surface area contributed by atoms with Gasteiger partial charge in [0.05, 0.1) is 5.41 Å². The maximum absolute atomic E-state index is 13.1. The zero-order chi connectivity index (χ0) is 8.48. The number of halogens is 1. The molecule has 0 aromatic rings. The van der Waals surface area contributed by atoms with Gasteiger partial charge in [-0.3, -0.25) is 5.41 Å². The summed E-state index contributed by atoms with van der Waals surface area (Å²) in [6.45, 7) is 1.61. The standard InChI is InChI=1S/C8H11FN2/c1-8(7(10)11)5-3-2-4-6(8)9/h2-6H,1H3,(H3,10,11). The summed E-state index contributed by atoms with van der Waals surface area (Å²) >= 11 is 0. The number of allylic oxidation sites excluding steroid dienone is 3. The van der Waals surface area contributed by atoms with Crippen LogP contribution in [0.3, 0.4) is 0 Å². The quantitative estimate of drug-likeness (QED) is 0.435. The Bertz CT molecular complexity index is 232. The highest BCUT2D eigenvalue weighted by Gasteiger charge is 2.34. The molecule has 2 atom stereocenters. The van der Waals surface area contributed by atoms with Crippen molar-refractivity contribution >= 4 is 5.84 Å². The van der Waals surface area contributed by atoms with Crippen molar-refractivity contribution in [1.29, 1.82) is 5.41 Å². The van der Waals surface area contributed by atoms with E-state index in [2.05, 4.69) is 0 Å². The lowest BCUT2D eigenvalue weighted by atomic mass is 9.81. The van der Waals surface area contributed by atoms with E-state index in [4.69, 9.17) is 11.1 Å². The van der Waals surface area contributed by atoms with Crippen molar-refractivity contribution in [3.63, 3.8) is 0 Å². The third-order valence-electron chi connectivity index (χ3n) is 1.99. The zero-order valence-electron chi connectivity index (χ0n) is 6.34. The number of nitrogens with two attached hydrogens (primary N) is 1. The average molecular weight is 154 g/mol. The summed E-state index contributed by atoms with van der Waals surface area (Å²) in [6.07, 6.45) is 5.17. The Morgan fingerprint density at radius 2 is 2.27 bits per heavy atom. The van der Waals surface area contributed by atoms with Gasteiger partial charge >= 0.3 is 0 Å². The molecule has 2 nitrogen and oxygen atoms in total. The van der Waals surface area contributed by atoms with Gasteiger partial charge in [0.15, 0.2) is 0 Å². The first-order valence-electron chi connectivity index (χ1n) is 3.42. The molecular weight excluding hydrogens is 143 g/mol. The first-order chi connectivity index (χ1) is 5.07. The zero-order valence-corrected chi connectivity index (χ0v) is 6.34. The fraction of sp³-hybridized carbons (Fsp3) is 0.375. The molecule has 1 aliphatic rings. The molecule has 0 radical (unpaired) electrons. The molecule has 0 heterocycles. The van der Waals surface area contributed by atoms with Crippen LogP contribution in [-0.4, -0.2) is 12.0 Å². The molecule has 60 valence electrons. The van der Waals surface area contributed by atoms with Crippen molar-refractivity contribution in [2.24, 2.45) is 11.1 Å². The molecule has 11 heavy (non-hydrogen) atoms. The molecular formula is C8H11FN2. The maximum Gasteiger partial charge on any atom is 0.134 e. The molecule has 0 aromatic heterocycles. The Labute approximate surface area is 65.1 Å². The minimum absolute atomic E-state index is 0.134. The summed E-state index contributed by atoms with van der Waals surface area (Å²) < 4.78 is 13.1. The lowest BCUT2D eigenvalue weighted by Gasteiger charge is -2.28. The van der Waals surface area contributed by atoms with E-state index >= 15 is 0 Å². The number of amidine groups is 1. The summed E-state index contributed by atoms with van der Waals surface area (Å²) in [5, 5.41) is 7.17. The van der Waals surface area contributed by atoms with Crippen molar-refractivity contribution in [3.8, 4) is 0 Å². The molecule has 0 saturated carbocycles. The SMILES string of the molecule is CC1(C(=N)N)C=CC=CC1F. The molecule has 1 rings (SSSR count). The normalized spacial score (nSPS) is 35.6. The molecule has 0 aliphatic heterocycles. The van der Waals surface area contributed by atoms with Crippen molar-refractivity contribution in [2.45, 2.75) is 13.1 Å². The van der Waals surface area contributed by atoms with Gasteiger partial charge in [0.1, 0.15) is 12.0 Å². The topological polar surface area (TPSA) is 49.9 Å². The van der Waals surface area contributed by atoms with Gasteiger partial charge in [-0.05, 0) is 13.0 Å². The monoisotopic (exact) mass is 154 g/mol. The molecule has 0 amide bonds. The van der Waals surface area contributed by atoms with Gasteiger partial charge in [-0.2, -0.15) is 0 Å². The van der Waals surface area contributed by atoms with E-state index in [0.717, 1.165) is 0 Å². The van der Waals surface area contributed by atoms with E-state index in [1.807, 2.05) is 0 Å². The summed E-state index contributed by atoms with van der Waals surface area (Å²) in [6, 6.07) is 0. The third kappa shape index (κ3) is 1.18. The van der Waals surface area contributed by atoms with Crippen molar-refractivity contribution in [3.05, 3.63) is 24.3 Å². The highest BCUT2D eigenvalue weighted by molar-refractivity contribution is 5.86. The van der Waals surface area contributed by atoms with Crippen LogP contribution < -0.4 is 5.73 Å². The van der Waals surface area contributed by atoms with E-state index in [0.29, 0.717) is 0 Å². The Morgan fingerprint density at radius 3 is 2.64 bits per heavy atom. The Morgan fingerprint density at radius 1 is 1.64 bits per heavy atom. The second-order valence-corrected chi connectivity index (χ2v) is 2.84. The first kappa shape index (κ1) is 7.98. The van der Waals surface area contributed by atoms with Gasteiger partial charge in [0, 0.05) is 0 Å². The first-order valence-corrected chi connectivity index (χ1v) is 3.42. The molecule has 0 fully saturated rings. The van der Waals surface area contributed by atoms with Crippen LogP contribution in [0.2, 0.25) is 0 Å². The van der Waals surface area contributed by atoms with Crippen molar-refractivity contribution < 1.29 is 4.39 Å². The van der Waals surface area contributed by atoms with Crippen molar-refractivity contribution in [1.82, 2.24) is 0 Å². The summed E-state index contributed by atoms with van der Waals surface area (Å²) in [5.74, 6) is -0.134. The van der Waals surface area contributed by atoms with Gasteiger partial charge in [-0.1, -0.05) is 18.2 Å². The highest BCUT2D eigenvalue weighted by atomic mass is 19.1. The maximum atomic E-state index is 13.1. The van der Waals surface area contributed by atoms with Gasteiger partial charge in [-0.25, -0.2) is 4.39 Å². The molecule has 2 unspecified atom stereocenters. The number of hydrogen-bond acceptors (Lipinski definition) is 1. The predicted molar refractivity (Wildman–Crippen MR) is 43.2 cm³/mol. The van der Waals surface area contributed by atoms with E-state index in [1.165, 1.54) is 6.08 Å². The number of rotatable bonds is 1. The largest absolute Gasteiger partial charge is 0.387 e. The van der Waals surface area contributed by atoms with Crippen LogP contribution in [0.5, 0.6) is 0 Å². The van der Waals surface area contributed by atoms with Crippen LogP contribution in [0.1, 0.15) is 6.92 Å². The fourth-order valence-corrected chi connectivity index (χ4v) is 0.947. The van der Waals surface area contributed by atoms with Crippen LogP contribution in [0.15, 0.2) is 24.3 Å². The number of hydrogen-bond donors (Lipinski definition) is 2. The minimum atomic E-state index is -1.18. The van der Waals surface area contributed by atoms with Crippen LogP contribution in [-0.2, 0) is 0 Å². The molecule has 3 heteroatoms. The van der Waals surface area contributed by atoms with Crippen LogP contribution in [0.4, 0.5) is 4.39 Å². The lowest BCUT2D eigenvalue weighted by molar-refractivity contribution is 0.284. The van der Waals surface area contributed by atoms with E-state index in [-0.39, 0.29) is 5.84 Å². The lowest BCUT2D eigenvalue weighted by Crippen LogP contribution is -2.40. The summed E-state index contributed by atoms with van der Waals surface area (Å²) in [4.78, 5) is 0. The Hall–Kier alpha value is -1.12. The van der Waals surface area contributed by atoms with Gasteiger partial charge in [0.25, 0.3) is 0 Å². The van der Waals surface area contributed by atoms with Gasteiger partial charge in [-0.15, -0.1) is 0 Å². The van der Waals surface area contributed by atoms with Crippen molar-refractivity contribution in [2.75, 3.05) is 0 Å². The van der Waals surface area contributed by atoms with Gasteiger partial charge < -0.3 is 5.73 Å². The number of nitrogens with one attached hydrogen (secondary N) is 1. The van der Waals surface area contributed by atoms with Crippen LogP contribution in [0, 0.1) is 10.8 Å². The number of alkyl halides is 1. The predicted octanol–water partition coefficient (Wildman–Crippen LogP) is 1.39. The van der Waals surface area contributed by atoms with Crippen LogP contribution in [0.25, 0.3) is 0 Å². The fourth-order valence-electron chi connectivity index (χ4n) is 0.947. The van der Waals surface area contributed by atoms with Gasteiger partial charge in [0.2, 0.25) is 0 Å². The van der Waals surface area contributed by atoms with E-state index in [9.17, 15) is 4.39 Å². The second kappa shape index (κ2) is 2.49. The van der Waals surface area contributed by atoms with E-state index < -0.39 is 11.6 Å². The van der Waals surface area contributed by atoms with Crippen LogP contribution >= 0.6 is 0 Å². The average Bonchev–Trinajstić information content (AvgIpc) is 1.95. The third-order valence-corrected chi connectivity index (χ3v) is 1.99. The Kier molecular flexibility index (Phi) is 1.81. The second-order valence-electron chi connectivity index (χ2n) is 2.84. The summed E-state index contributed by atoms with van der Waals surface area (Å²) in [7, 11) is 0. The highest BCUT2D eigenvalue weighted by Crippen LogP contribution is 2.29. The molecule has 0 aromatic carbocycles. The summed E-state index contributed by atoms with van der Waals surface area (Å²) in [5.41, 5.74) is 4.31. The molecule has 0 spiro atoms. The molecule has 0 saturated heterocycles. The minimum Gasteiger partial charge on any atom is -0.387 e.